The first kappa shape index (κ1) is 23.3. The monoisotopic (exact) mass is 457 g/mol. The van der Waals surface area contributed by atoms with Crippen LogP contribution in [0.1, 0.15) is 30.0 Å². The summed E-state index contributed by atoms with van der Waals surface area (Å²) in [5, 5.41) is 13.3. The van der Waals surface area contributed by atoms with Gasteiger partial charge < -0.3 is 19.6 Å². The molecule has 0 saturated heterocycles. The zero-order chi connectivity index (χ0) is 23.3. The van der Waals surface area contributed by atoms with Crippen molar-refractivity contribution < 1.29 is 23.8 Å². The van der Waals surface area contributed by atoms with E-state index in [1.807, 2.05) is 6.92 Å². The van der Waals surface area contributed by atoms with Gasteiger partial charge in [-0.1, -0.05) is 37.1 Å². The summed E-state index contributed by atoms with van der Waals surface area (Å²) in [6, 6.07) is 10.6. The lowest BCUT2D eigenvalue weighted by molar-refractivity contribution is -0.142. The van der Waals surface area contributed by atoms with Gasteiger partial charge in [-0.2, -0.15) is 0 Å². The van der Waals surface area contributed by atoms with Crippen molar-refractivity contribution in [3.05, 3.63) is 74.6 Å². The Balaban J connectivity index is 1.70. The molecule has 0 spiro atoms. The standard InChI is InChI=1S/C24H24ClNO6/c1-3-4-16-12-22(28)32-23-14(2)20(10-9-18(16)23)31-13-21(27)26-19(24(29)30)11-15-5-7-17(25)8-6-15/h5-10,12,19H,3-4,11,13H2,1-2H3,(H,26,27)(H,29,30). The van der Waals surface area contributed by atoms with Crippen LogP contribution in [0.2, 0.25) is 5.02 Å². The van der Waals surface area contributed by atoms with Crippen molar-refractivity contribution in [3.63, 3.8) is 0 Å². The first-order valence-electron chi connectivity index (χ1n) is 10.2. The van der Waals surface area contributed by atoms with Crippen molar-refractivity contribution in [3.8, 4) is 5.75 Å². The lowest BCUT2D eigenvalue weighted by atomic mass is 10.0. The van der Waals surface area contributed by atoms with E-state index in [-0.39, 0.29) is 13.0 Å². The number of hydrogen-bond acceptors (Lipinski definition) is 5. The summed E-state index contributed by atoms with van der Waals surface area (Å²) < 4.78 is 11.0. The molecule has 8 heteroatoms. The quantitative estimate of drug-likeness (QED) is 0.472. The Bertz CT molecular complexity index is 1190. The van der Waals surface area contributed by atoms with Gasteiger partial charge in [-0.05, 0) is 48.7 Å². The Morgan fingerprint density at radius 2 is 1.91 bits per heavy atom. The summed E-state index contributed by atoms with van der Waals surface area (Å²) in [7, 11) is 0. The molecule has 32 heavy (non-hydrogen) atoms. The number of fused-ring (bicyclic) bond motifs is 1. The van der Waals surface area contributed by atoms with Crippen molar-refractivity contribution >= 4 is 34.4 Å². The summed E-state index contributed by atoms with van der Waals surface area (Å²) in [4.78, 5) is 35.9. The van der Waals surface area contributed by atoms with Gasteiger partial charge in [-0.3, -0.25) is 4.79 Å². The van der Waals surface area contributed by atoms with Crippen molar-refractivity contribution in [2.24, 2.45) is 0 Å². The van der Waals surface area contributed by atoms with Gasteiger partial charge >= 0.3 is 11.6 Å². The van der Waals surface area contributed by atoms with Crippen molar-refractivity contribution in [1.82, 2.24) is 5.32 Å². The minimum atomic E-state index is -1.15. The van der Waals surface area contributed by atoms with Crippen LogP contribution in [-0.2, 0) is 22.4 Å². The number of ether oxygens (including phenoxy) is 1. The van der Waals surface area contributed by atoms with E-state index in [1.54, 1.807) is 43.3 Å². The van der Waals surface area contributed by atoms with Gasteiger partial charge in [0.25, 0.3) is 5.91 Å². The van der Waals surface area contributed by atoms with E-state index in [1.165, 1.54) is 6.07 Å². The van der Waals surface area contributed by atoms with Crippen LogP contribution in [0.5, 0.6) is 5.75 Å². The molecule has 0 aliphatic carbocycles. The fraction of sp³-hybridized carbons (Fsp3) is 0.292. The highest BCUT2D eigenvalue weighted by Gasteiger charge is 2.21. The average molecular weight is 458 g/mol. The Morgan fingerprint density at radius 3 is 2.56 bits per heavy atom. The first-order valence-corrected chi connectivity index (χ1v) is 10.6. The maximum absolute atomic E-state index is 12.3. The maximum atomic E-state index is 12.3. The number of aliphatic carboxylic acids is 1. The molecule has 1 amide bonds. The molecule has 0 aliphatic heterocycles. The van der Waals surface area contributed by atoms with Crippen molar-refractivity contribution in [1.29, 1.82) is 0 Å². The molecule has 2 aromatic carbocycles. The van der Waals surface area contributed by atoms with E-state index in [2.05, 4.69) is 5.32 Å². The second kappa shape index (κ2) is 10.3. The molecule has 0 bridgehead atoms. The molecule has 2 N–H and O–H groups in total. The van der Waals surface area contributed by atoms with Gasteiger partial charge in [0.1, 0.15) is 17.4 Å². The molecule has 0 saturated carbocycles. The fourth-order valence-corrected chi connectivity index (χ4v) is 3.60. The van der Waals surface area contributed by atoms with Crippen LogP contribution in [0.4, 0.5) is 0 Å². The second-order valence-corrected chi connectivity index (χ2v) is 7.92. The number of carboxylic acid groups (broad SMARTS) is 1. The number of carboxylic acids is 1. The molecule has 1 unspecified atom stereocenters. The molecular weight excluding hydrogens is 434 g/mol. The van der Waals surface area contributed by atoms with Gasteiger partial charge in [0, 0.05) is 28.5 Å². The highest BCUT2D eigenvalue weighted by molar-refractivity contribution is 6.30. The molecular formula is C24H24ClNO6. The Kier molecular flexibility index (Phi) is 7.53. The van der Waals surface area contributed by atoms with Gasteiger partial charge in [-0.25, -0.2) is 9.59 Å². The van der Waals surface area contributed by atoms with Gasteiger partial charge in [0.15, 0.2) is 6.61 Å². The zero-order valence-corrected chi connectivity index (χ0v) is 18.6. The summed E-state index contributed by atoms with van der Waals surface area (Å²) in [6.45, 7) is 3.39. The number of amides is 1. The Hall–Kier alpha value is -3.32. The smallest absolute Gasteiger partial charge is 0.336 e. The number of rotatable bonds is 9. The fourth-order valence-electron chi connectivity index (χ4n) is 3.48. The number of aryl methyl sites for hydroxylation is 2. The molecule has 0 aliphatic rings. The van der Waals surface area contributed by atoms with Gasteiger partial charge in [0.05, 0.1) is 0 Å². The Morgan fingerprint density at radius 1 is 1.19 bits per heavy atom. The summed E-state index contributed by atoms with van der Waals surface area (Å²) >= 11 is 5.85. The number of carbonyl (C=O) groups is 2. The highest BCUT2D eigenvalue weighted by atomic mass is 35.5. The zero-order valence-electron chi connectivity index (χ0n) is 17.8. The molecule has 168 valence electrons. The van der Waals surface area contributed by atoms with Gasteiger partial charge in [-0.15, -0.1) is 0 Å². The molecule has 1 heterocycles. The lowest BCUT2D eigenvalue weighted by Gasteiger charge is -2.16. The summed E-state index contributed by atoms with van der Waals surface area (Å²) in [5.74, 6) is -1.35. The molecule has 1 aromatic heterocycles. The molecule has 7 nitrogen and oxygen atoms in total. The van der Waals surface area contributed by atoms with Crippen LogP contribution in [0.15, 0.2) is 51.7 Å². The van der Waals surface area contributed by atoms with E-state index >= 15 is 0 Å². The third kappa shape index (κ3) is 5.68. The summed E-state index contributed by atoms with van der Waals surface area (Å²) in [5.41, 5.74) is 2.21. The molecule has 0 fully saturated rings. The van der Waals surface area contributed by atoms with Crippen LogP contribution in [-0.4, -0.2) is 29.6 Å². The number of halogens is 1. The first-order chi connectivity index (χ1) is 15.3. The van der Waals surface area contributed by atoms with Crippen LogP contribution >= 0.6 is 11.6 Å². The lowest BCUT2D eigenvalue weighted by Crippen LogP contribution is -2.44. The van der Waals surface area contributed by atoms with Gasteiger partial charge in [0.2, 0.25) is 0 Å². The Labute approximate surface area is 190 Å². The second-order valence-electron chi connectivity index (χ2n) is 7.48. The van der Waals surface area contributed by atoms with E-state index in [0.29, 0.717) is 21.9 Å². The van der Waals surface area contributed by atoms with Crippen molar-refractivity contribution in [2.45, 2.75) is 39.2 Å². The predicted octanol–water partition coefficient (Wildman–Crippen LogP) is 3.90. The number of carbonyl (C=O) groups excluding carboxylic acids is 1. The normalized spacial score (nSPS) is 11.8. The van der Waals surface area contributed by atoms with E-state index < -0.39 is 23.5 Å². The maximum Gasteiger partial charge on any atom is 0.336 e. The molecule has 3 rings (SSSR count). The van der Waals surface area contributed by atoms with Crippen LogP contribution in [0, 0.1) is 6.92 Å². The average Bonchev–Trinajstić information content (AvgIpc) is 2.75. The van der Waals surface area contributed by atoms with E-state index in [9.17, 15) is 19.5 Å². The SMILES string of the molecule is CCCc1cc(=O)oc2c(C)c(OCC(=O)NC(Cc3ccc(Cl)cc3)C(=O)O)ccc12. The molecule has 3 aromatic rings. The minimum Gasteiger partial charge on any atom is -0.483 e. The number of hydrogen-bond donors (Lipinski definition) is 2. The molecule has 0 radical (unpaired) electrons. The predicted molar refractivity (Wildman–Crippen MR) is 121 cm³/mol. The topological polar surface area (TPSA) is 106 Å². The van der Waals surface area contributed by atoms with E-state index in [0.717, 1.165) is 29.4 Å². The highest BCUT2D eigenvalue weighted by Crippen LogP contribution is 2.29. The van der Waals surface area contributed by atoms with Crippen LogP contribution < -0.4 is 15.7 Å². The van der Waals surface area contributed by atoms with E-state index in [4.69, 9.17) is 20.8 Å². The third-order valence-electron chi connectivity index (χ3n) is 5.06. The number of nitrogens with one attached hydrogen (secondary N) is 1. The summed E-state index contributed by atoms with van der Waals surface area (Å²) in [6.07, 6.45) is 1.74. The molecule has 1 atom stereocenters. The minimum absolute atomic E-state index is 0.110. The van der Waals surface area contributed by atoms with Crippen LogP contribution in [0.3, 0.4) is 0 Å². The third-order valence-corrected chi connectivity index (χ3v) is 5.31. The number of benzene rings is 2. The van der Waals surface area contributed by atoms with Crippen molar-refractivity contribution in [2.75, 3.05) is 6.61 Å². The largest absolute Gasteiger partial charge is 0.483 e. The van der Waals surface area contributed by atoms with Crippen LogP contribution in [0.25, 0.3) is 11.0 Å².